The van der Waals surface area contributed by atoms with Crippen LogP contribution in [0.2, 0.25) is 5.02 Å². The number of nitrogens with one attached hydrogen (secondary N) is 1. The summed E-state index contributed by atoms with van der Waals surface area (Å²) >= 11 is 7.29. The van der Waals surface area contributed by atoms with Crippen LogP contribution in [0, 0.1) is 11.3 Å². The van der Waals surface area contributed by atoms with Gasteiger partial charge in [0, 0.05) is 28.8 Å². The van der Waals surface area contributed by atoms with Crippen molar-refractivity contribution in [3.8, 4) is 17.6 Å². The van der Waals surface area contributed by atoms with Gasteiger partial charge in [0.15, 0.2) is 5.82 Å². The van der Waals surface area contributed by atoms with E-state index in [-0.39, 0.29) is 6.04 Å². The lowest BCUT2D eigenvalue weighted by Crippen LogP contribution is -2.27. The van der Waals surface area contributed by atoms with Crippen molar-refractivity contribution in [3.63, 3.8) is 0 Å². The second-order valence-electron chi connectivity index (χ2n) is 7.27. The minimum Gasteiger partial charge on any atom is -0.334 e. The van der Waals surface area contributed by atoms with Crippen molar-refractivity contribution in [1.82, 2.24) is 19.3 Å². The van der Waals surface area contributed by atoms with E-state index >= 15 is 0 Å². The predicted octanol–water partition coefficient (Wildman–Crippen LogP) is 5.64. The molecule has 1 fully saturated rings. The van der Waals surface area contributed by atoms with Crippen LogP contribution in [0.25, 0.3) is 22.4 Å². The van der Waals surface area contributed by atoms with Crippen molar-refractivity contribution in [2.24, 2.45) is 0 Å². The van der Waals surface area contributed by atoms with Crippen molar-refractivity contribution in [3.05, 3.63) is 41.2 Å². The van der Waals surface area contributed by atoms with Crippen LogP contribution in [-0.4, -0.2) is 33.9 Å². The molecule has 0 spiro atoms. The second kappa shape index (κ2) is 9.29. The molecule has 0 unspecified atom stereocenters. The van der Waals surface area contributed by atoms with E-state index in [2.05, 4.69) is 25.3 Å². The van der Waals surface area contributed by atoms with Crippen LogP contribution in [0.15, 0.2) is 35.5 Å². The number of halogens is 3. The summed E-state index contributed by atoms with van der Waals surface area (Å²) in [6.45, 7) is -1.59. The van der Waals surface area contributed by atoms with E-state index in [1.54, 1.807) is 12.4 Å². The maximum absolute atomic E-state index is 12.7. The third kappa shape index (κ3) is 4.02. The van der Waals surface area contributed by atoms with Gasteiger partial charge in [-0.05, 0) is 43.0 Å². The summed E-state index contributed by atoms with van der Waals surface area (Å²) < 4.78 is 30.2. The number of fused-ring (bicyclic) bond motifs is 1. The number of benzene rings is 1. The average Bonchev–Trinajstić information content (AvgIpc) is 3.40. The number of nitrogens with zero attached hydrogens (tertiary/aromatic N) is 4. The van der Waals surface area contributed by atoms with E-state index in [4.69, 9.17) is 11.6 Å². The molecular weight excluding hydrogens is 428 g/mol. The maximum atomic E-state index is 12.7. The summed E-state index contributed by atoms with van der Waals surface area (Å²) in [5.41, 5.74) is 2.15. The zero-order valence-corrected chi connectivity index (χ0v) is 17.7. The third-order valence-electron chi connectivity index (χ3n) is 5.32. The quantitative estimate of drug-likeness (QED) is 0.474. The zero-order valence-electron chi connectivity index (χ0n) is 16.1. The lowest BCUT2D eigenvalue weighted by atomic mass is 10.1. The summed E-state index contributed by atoms with van der Waals surface area (Å²) in [5.74, 6) is 0.447. The molecule has 3 aromatic rings. The van der Waals surface area contributed by atoms with E-state index in [0.29, 0.717) is 27.0 Å². The Labute approximate surface area is 182 Å². The van der Waals surface area contributed by atoms with E-state index in [1.165, 1.54) is 0 Å². The highest BCUT2D eigenvalue weighted by Gasteiger charge is 2.27. The molecule has 2 aromatic heterocycles. The van der Waals surface area contributed by atoms with Gasteiger partial charge in [0.05, 0.1) is 22.0 Å². The minimum absolute atomic E-state index is 0.278. The highest BCUT2D eigenvalue weighted by atomic mass is 35.5. The Bertz CT molecular complexity index is 1070. The van der Waals surface area contributed by atoms with Gasteiger partial charge in [0.2, 0.25) is 0 Å². The van der Waals surface area contributed by atoms with Crippen LogP contribution in [0.5, 0.6) is 0 Å². The summed E-state index contributed by atoms with van der Waals surface area (Å²) in [6.07, 6.45) is 7.56. The molecule has 1 saturated carbocycles. The number of aromatic nitrogens is 3. The van der Waals surface area contributed by atoms with E-state index in [1.807, 2.05) is 18.2 Å². The largest absolute Gasteiger partial charge is 0.334 e. The van der Waals surface area contributed by atoms with Crippen molar-refractivity contribution >= 4 is 34.5 Å². The van der Waals surface area contributed by atoms with Gasteiger partial charge in [-0.15, -0.1) is 0 Å². The predicted molar refractivity (Wildman–Crippen MR) is 115 cm³/mol. The minimum atomic E-state index is -0.866. The van der Waals surface area contributed by atoms with Crippen molar-refractivity contribution in [1.29, 1.82) is 5.26 Å². The molecule has 0 atom stereocenters. The van der Waals surface area contributed by atoms with Crippen LogP contribution in [0.1, 0.15) is 37.3 Å². The molecule has 156 valence electrons. The van der Waals surface area contributed by atoms with Gasteiger partial charge in [-0.2, -0.15) is 5.26 Å². The van der Waals surface area contributed by atoms with Crippen LogP contribution in [-0.2, 0) is 0 Å². The third-order valence-corrected chi connectivity index (χ3v) is 6.46. The first kappa shape index (κ1) is 21.0. The summed E-state index contributed by atoms with van der Waals surface area (Å²) in [5, 5.41) is 11.3. The smallest absolute Gasteiger partial charge is 0.177 e. The summed E-state index contributed by atoms with van der Waals surface area (Å²) in [7, 11) is 0. The second-order valence-corrected chi connectivity index (χ2v) is 8.62. The number of hydrogen-bond donors (Lipinski definition) is 1. The van der Waals surface area contributed by atoms with Gasteiger partial charge in [-0.3, -0.25) is 4.72 Å². The van der Waals surface area contributed by atoms with Gasteiger partial charge >= 0.3 is 0 Å². The van der Waals surface area contributed by atoms with Crippen LogP contribution in [0.3, 0.4) is 0 Å². The van der Waals surface area contributed by atoms with E-state index in [0.717, 1.165) is 48.5 Å². The first-order chi connectivity index (χ1) is 14.7. The molecule has 1 aliphatic rings. The molecule has 9 heteroatoms. The zero-order chi connectivity index (χ0) is 21.1. The summed E-state index contributed by atoms with van der Waals surface area (Å²) in [4.78, 5) is 9.58. The normalized spacial score (nSPS) is 14.6. The molecule has 0 radical (unpaired) electrons. The van der Waals surface area contributed by atoms with Gasteiger partial charge < -0.3 is 4.57 Å². The number of nitriles is 1. The van der Waals surface area contributed by atoms with Crippen molar-refractivity contribution in [2.45, 2.75) is 42.7 Å². The Kier molecular flexibility index (Phi) is 6.52. The Morgan fingerprint density at radius 2 is 1.93 bits per heavy atom. The van der Waals surface area contributed by atoms with Gasteiger partial charge in [-0.1, -0.05) is 24.4 Å². The summed E-state index contributed by atoms with van der Waals surface area (Å²) in [6, 6.07) is 7.32. The molecule has 0 saturated heterocycles. The molecular formula is C21H20ClF2N5S. The Morgan fingerprint density at radius 1 is 1.23 bits per heavy atom. The van der Waals surface area contributed by atoms with Crippen molar-refractivity contribution in [2.75, 3.05) is 13.3 Å². The Morgan fingerprint density at radius 3 is 2.57 bits per heavy atom. The SMILES string of the molecule is N#Cc1c(-c2ncc(SNC(CF)CF)cn2)n(C2CCCC2)c2ccc(Cl)cc12. The molecule has 0 amide bonds. The first-order valence-electron chi connectivity index (χ1n) is 9.76. The van der Waals surface area contributed by atoms with Gasteiger partial charge in [0.1, 0.15) is 25.1 Å². The molecule has 30 heavy (non-hydrogen) atoms. The lowest BCUT2D eigenvalue weighted by Gasteiger charge is -2.17. The molecule has 4 rings (SSSR count). The number of rotatable bonds is 7. The fraction of sp³-hybridized carbons (Fsp3) is 0.381. The lowest BCUT2D eigenvalue weighted by molar-refractivity contribution is 0.340. The topological polar surface area (TPSA) is 66.5 Å². The Balaban J connectivity index is 1.76. The number of alkyl halides is 2. The van der Waals surface area contributed by atoms with E-state index in [9.17, 15) is 14.0 Å². The fourth-order valence-electron chi connectivity index (χ4n) is 3.91. The highest BCUT2D eigenvalue weighted by Crippen LogP contribution is 2.41. The van der Waals surface area contributed by atoms with Crippen LogP contribution >= 0.6 is 23.5 Å². The molecule has 5 nitrogen and oxygen atoms in total. The standard InChI is InChI=1S/C21H20ClF2N5S/c22-13-5-6-19-17(7-13)18(10-25)20(29(19)15-3-1-2-4-15)21-26-11-16(12-27-21)30-28-14(8-23)9-24/h5-7,11-12,14-15,28H,1-4,8-9H2. The fourth-order valence-corrected chi connectivity index (χ4v) is 4.72. The van der Waals surface area contributed by atoms with Gasteiger partial charge in [-0.25, -0.2) is 18.7 Å². The molecule has 1 N–H and O–H groups in total. The first-order valence-corrected chi connectivity index (χ1v) is 11.0. The highest BCUT2D eigenvalue weighted by molar-refractivity contribution is 7.97. The van der Waals surface area contributed by atoms with Crippen LogP contribution < -0.4 is 4.72 Å². The van der Waals surface area contributed by atoms with Gasteiger partial charge in [0.25, 0.3) is 0 Å². The molecule has 0 bridgehead atoms. The monoisotopic (exact) mass is 447 g/mol. The van der Waals surface area contributed by atoms with Crippen molar-refractivity contribution < 1.29 is 8.78 Å². The molecule has 1 aliphatic carbocycles. The Hall–Kier alpha value is -2.21. The maximum Gasteiger partial charge on any atom is 0.177 e. The molecule has 0 aliphatic heterocycles. The molecule has 1 aromatic carbocycles. The number of hydrogen-bond acceptors (Lipinski definition) is 5. The van der Waals surface area contributed by atoms with Crippen LogP contribution in [0.4, 0.5) is 8.78 Å². The van der Waals surface area contributed by atoms with E-state index < -0.39 is 19.4 Å². The average molecular weight is 448 g/mol. The molecule has 2 heterocycles.